The standard InChI is InChI=1S/C19H13F2N3O3/c1-3-6-22-19(26)15-8-12(9-23-15)18(25)16-10(2)27-24-17(16)11-4-5-13(20)14(21)7-11/h1,4-5,7-9,23H,6H2,2H3,(H,22,26). The van der Waals surface area contributed by atoms with Gasteiger partial charge in [0.05, 0.1) is 12.1 Å². The number of carbonyl (C=O) groups is 2. The number of aromatic amines is 1. The monoisotopic (exact) mass is 369 g/mol. The summed E-state index contributed by atoms with van der Waals surface area (Å²) in [7, 11) is 0. The molecule has 0 fully saturated rings. The molecule has 3 aromatic rings. The lowest BCUT2D eigenvalue weighted by atomic mass is 9.99. The topological polar surface area (TPSA) is 88.0 Å². The third kappa shape index (κ3) is 3.48. The van der Waals surface area contributed by atoms with Crippen molar-refractivity contribution in [3.05, 3.63) is 64.7 Å². The highest BCUT2D eigenvalue weighted by Gasteiger charge is 2.25. The number of hydrogen-bond acceptors (Lipinski definition) is 4. The van der Waals surface area contributed by atoms with Crippen molar-refractivity contribution in [2.24, 2.45) is 0 Å². The van der Waals surface area contributed by atoms with Crippen LogP contribution in [0.15, 0.2) is 35.0 Å². The van der Waals surface area contributed by atoms with Gasteiger partial charge in [-0.05, 0) is 31.2 Å². The van der Waals surface area contributed by atoms with E-state index in [0.717, 1.165) is 12.1 Å². The minimum absolute atomic E-state index is 0.0478. The van der Waals surface area contributed by atoms with Crippen molar-refractivity contribution in [3.8, 4) is 23.6 Å². The molecular weight excluding hydrogens is 356 g/mol. The molecule has 0 spiro atoms. The Hall–Kier alpha value is -3.73. The molecule has 0 aliphatic carbocycles. The van der Waals surface area contributed by atoms with E-state index in [9.17, 15) is 18.4 Å². The summed E-state index contributed by atoms with van der Waals surface area (Å²) >= 11 is 0. The molecule has 0 aliphatic heterocycles. The van der Waals surface area contributed by atoms with Gasteiger partial charge in [-0.1, -0.05) is 11.1 Å². The Labute approximate surface area is 152 Å². The van der Waals surface area contributed by atoms with E-state index in [1.54, 1.807) is 0 Å². The lowest BCUT2D eigenvalue weighted by Crippen LogP contribution is -2.23. The smallest absolute Gasteiger partial charge is 0.268 e. The Morgan fingerprint density at radius 2 is 2.07 bits per heavy atom. The third-order valence-electron chi connectivity index (χ3n) is 3.82. The number of ketones is 1. The highest BCUT2D eigenvalue weighted by Crippen LogP contribution is 2.28. The van der Waals surface area contributed by atoms with E-state index in [0.29, 0.717) is 0 Å². The first-order valence-corrected chi connectivity index (χ1v) is 7.79. The Morgan fingerprint density at radius 3 is 2.78 bits per heavy atom. The molecule has 0 aliphatic rings. The number of nitrogens with one attached hydrogen (secondary N) is 2. The number of nitrogens with zero attached hydrogens (tertiary/aromatic N) is 1. The number of H-pyrrole nitrogens is 1. The second kappa shape index (κ2) is 7.25. The summed E-state index contributed by atoms with van der Waals surface area (Å²) in [4.78, 5) is 27.5. The van der Waals surface area contributed by atoms with Crippen LogP contribution in [-0.2, 0) is 0 Å². The predicted octanol–water partition coefficient (Wildman–Crippen LogP) is 2.85. The Balaban J connectivity index is 1.96. The number of amides is 1. The molecule has 1 amide bonds. The number of carbonyl (C=O) groups excluding carboxylic acids is 2. The van der Waals surface area contributed by atoms with Gasteiger partial charge in [-0.2, -0.15) is 0 Å². The average Bonchev–Trinajstić information content (AvgIpc) is 3.28. The van der Waals surface area contributed by atoms with E-state index in [1.807, 2.05) is 0 Å². The minimum Gasteiger partial charge on any atom is -0.360 e. The average molecular weight is 369 g/mol. The number of rotatable bonds is 5. The molecule has 2 N–H and O–H groups in total. The van der Waals surface area contributed by atoms with Gasteiger partial charge in [-0.3, -0.25) is 9.59 Å². The SMILES string of the molecule is C#CCNC(=O)c1cc(C(=O)c2c(-c3ccc(F)c(F)c3)noc2C)c[nH]1. The molecule has 3 rings (SSSR count). The molecule has 0 unspecified atom stereocenters. The normalized spacial score (nSPS) is 10.4. The zero-order chi connectivity index (χ0) is 19.6. The summed E-state index contributed by atoms with van der Waals surface area (Å²) in [5.41, 5.74) is 0.691. The van der Waals surface area contributed by atoms with Crippen molar-refractivity contribution in [1.82, 2.24) is 15.5 Å². The number of aromatic nitrogens is 2. The Bertz CT molecular complexity index is 1080. The number of hydrogen-bond donors (Lipinski definition) is 2. The summed E-state index contributed by atoms with van der Waals surface area (Å²) in [6.07, 6.45) is 6.44. The van der Waals surface area contributed by atoms with Gasteiger partial charge in [0, 0.05) is 17.3 Å². The summed E-state index contributed by atoms with van der Waals surface area (Å²) in [6.45, 7) is 1.57. The first-order valence-electron chi connectivity index (χ1n) is 7.79. The fraction of sp³-hybridized carbons (Fsp3) is 0.105. The van der Waals surface area contributed by atoms with E-state index < -0.39 is 23.3 Å². The Morgan fingerprint density at radius 1 is 1.30 bits per heavy atom. The van der Waals surface area contributed by atoms with Crippen molar-refractivity contribution in [2.75, 3.05) is 6.54 Å². The third-order valence-corrected chi connectivity index (χ3v) is 3.82. The van der Waals surface area contributed by atoms with E-state index >= 15 is 0 Å². The maximum absolute atomic E-state index is 13.5. The van der Waals surface area contributed by atoms with Crippen LogP contribution in [-0.4, -0.2) is 28.4 Å². The molecular formula is C19H13F2N3O3. The second-order valence-electron chi connectivity index (χ2n) is 5.61. The van der Waals surface area contributed by atoms with Gasteiger partial charge in [-0.15, -0.1) is 6.42 Å². The lowest BCUT2D eigenvalue weighted by Gasteiger charge is -2.02. The van der Waals surface area contributed by atoms with Crippen molar-refractivity contribution in [1.29, 1.82) is 0 Å². The van der Waals surface area contributed by atoms with Gasteiger partial charge < -0.3 is 14.8 Å². The maximum Gasteiger partial charge on any atom is 0.268 e. The molecule has 6 nitrogen and oxygen atoms in total. The van der Waals surface area contributed by atoms with Crippen LogP contribution in [0.3, 0.4) is 0 Å². The maximum atomic E-state index is 13.5. The number of halogens is 2. The fourth-order valence-electron chi connectivity index (χ4n) is 2.51. The van der Waals surface area contributed by atoms with E-state index in [-0.39, 0.29) is 40.4 Å². The summed E-state index contributed by atoms with van der Waals surface area (Å²) < 4.78 is 31.8. The number of benzene rings is 1. The van der Waals surface area contributed by atoms with Crippen molar-refractivity contribution in [2.45, 2.75) is 6.92 Å². The van der Waals surface area contributed by atoms with Gasteiger partial charge in [0.2, 0.25) is 0 Å². The van der Waals surface area contributed by atoms with Gasteiger partial charge in [0.25, 0.3) is 5.91 Å². The molecule has 27 heavy (non-hydrogen) atoms. The Kier molecular flexibility index (Phi) is 4.86. The van der Waals surface area contributed by atoms with Crippen LogP contribution in [0.4, 0.5) is 8.78 Å². The first-order chi connectivity index (χ1) is 12.9. The van der Waals surface area contributed by atoms with E-state index in [2.05, 4.69) is 21.4 Å². The quantitative estimate of drug-likeness (QED) is 0.535. The number of terminal acetylenes is 1. The fourth-order valence-corrected chi connectivity index (χ4v) is 2.51. The molecule has 136 valence electrons. The highest BCUT2D eigenvalue weighted by molar-refractivity contribution is 6.13. The molecule has 2 aromatic heterocycles. The summed E-state index contributed by atoms with van der Waals surface area (Å²) in [6, 6.07) is 4.52. The second-order valence-corrected chi connectivity index (χ2v) is 5.61. The largest absolute Gasteiger partial charge is 0.360 e. The van der Waals surface area contributed by atoms with E-state index in [4.69, 9.17) is 10.9 Å². The van der Waals surface area contributed by atoms with Gasteiger partial charge in [0.1, 0.15) is 17.1 Å². The van der Waals surface area contributed by atoms with Crippen molar-refractivity contribution >= 4 is 11.7 Å². The predicted molar refractivity (Wildman–Crippen MR) is 92.0 cm³/mol. The molecule has 2 heterocycles. The molecule has 8 heteroatoms. The summed E-state index contributed by atoms with van der Waals surface area (Å²) in [5, 5.41) is 6.26. The van der Waals surface area contributed by atoms with Gasteiger partial charge in [0.15, 0.2) is 17.4 Å². The van der Waals surface area contributed by atoms with Crippen molar-refractivity contribution in [3.63, 3.8) is 0 Å². The zero-order valence-corrected chi connectivity index (χ0v) is 14.1. The van der Waals surface area contributed by atoms with Crippen LogP contribution < -0.4 is 5.32 Å². The molecule has 1 aromatic carbocycles. The van der Waals surface area contributed by atoms with Crippen LogP contribution in [0.25, 0.3) is 11.3 Å². The number of aryl methyl sites for hydroxylation is 1. The van der Waals surface area contributed by atoms with Gasteiger partial charge >= 0.3 is 0 Å². The van der Waals surface area contributed by atoms with Crippen LogP contribution >= 0.6 is 0 Å². The molecule has 0 saturated heterocycles. The molecule has 0 atom stereocenters. The highest BCUT2D eigenvalue weighted by atomic mass is 19.2. The molecule has 0 radical (unpaired) electrons. The van der Waals surface area contributed by atoms with E-state index in [1.165, 1.54) is 25.3 Å². The first kappa shape index (κ1) is 18.1. The summed E-state index contributed by atoms with van der Waals surface area (Å²) in [5.74, 6) is -0.552. The van der Waals surface area contributed by atoms with Crippen LogP contribution in [0, 0.1) is 30.9 Å². The van der Waals surface area contributed by atoms with Crippen LogP contribution in [0.1, 0.15) is 32.2 Å². The minimum atomic E-state index is -1.07. The van der Waals surface area contributed by atoms with Gasteiger partial charge in [-0.25, -0.2) is 8.78 Å². The molecule has 0 bridgehead atoms. The molecule has 0 saturated carbocycles. The van der Waals surface area contributed by atoms with Crippen LogP contribution in [0.5, 0.6) is 0 Å². The lowest BCUT2D eigenvalue weighted by molar-refractivity contribution is 0.0954. The van der Waals surface area contributed by atoms with Crippen LogP contribution in [0.2, 0.25) is 0 Å². The van der Waals surface area contributed by atoms with Crippen molar-refractivity contribution < 1.29 is 22.9 Å². The zero-order valence-electron chi connectivity index (χ0n) is 14.1.